The van der Waals surface area contributed by atoms with Crippen LogP contribution in [-0.4, -0.2) is 15.7 Å². The number of hydrogen-bond acceptors (Lipinski definition) is 3. The van der Waals surface area contributed by atoms with E-state index in [0.29, 0.717) is 0 Å². The standard InChI is InChI=1S/C7H8N2OS/c10-7-8-3-5-4-11-2-1-6(5)9-7/h3H,1-2,4H2,(H,8,9,10). The second kappa shape index (κ2) is 2.70. The van der Waals surface area contributed by atoms with Gasteiger partial charge in [-0.25, -0.2) is 9.78 Å². The van der Waals surface area contributed by atoms with Crippen molar-refractivity contribution in [3.05, 3.63) is 27.9 Å². The number of nitrogens with zero attached hydrogens (tertiary/aromatic N) is 1. The zero-order valence-electron chi connectivity index (χ0n) is 5.96. The molecule has 1 aliphatic rings. The Bertz CT molecular complexity index is 320. The first-order valence-electron chi connectivity index (χ1n) is 3.51. The summed E-state index contributed by atoms with van der Waals surface area (Å²) in [5.74, 6) is 2.09. The third-order valence-electron chi connectivity index (χ3n) is 1.74. The summed E-state index contributed by atoms with van der Waals surface area (Å²) in [5, 5.41) is 0. The highest BCUT2D eigenvalue weighted by molar-refractivity contribution is 7.98. The smallest absolute Gasteiger partial charge is 0.309 e. The van der Waals surface area contributed by atoms with E-state index in [0.717, 1.165) is 23.6 Å². The maximum atomic E-state index is 10.8. The molecule has 0 aliphatic carbocycles. The molecule has 0 radical (unpaired) electrons. The van der Waals surface area contributed by atoms with Crippen LogP contribution in [0, 0.1) is 0 Å². The van der Waals surface area contributed by atoms with Crippen molar-refractivity contribution < 1.29 is 0 Å². The quantitative estimate of drug-likeness (QED) is 0.615. The highest BCUT2D eigenvalue weighted by atomic mass is 32.2. The summed E-state index contributed by atoms with van der Waals surface area (Å²) in [6, 6.07) is 0. The van der Waals surface area contributed by atoms with Crippen LogP contribution in [0.4, 0.5) is 0 Å². The van der Waals surface area contributed by atoms with Crippen LogP contribution in [0.15, 0.2) is 11.0 Å². The second-order valence-electron chi connectivity index (χ2n) is 2.49. The molecule has 0 saturated carbocycles. The topological polar surface area (TPSA) is 45.8 Å². The van der Waals surface area contributed by atoms with E-state index in [1.807, 2.05) is 11.8 Å². The number of aromatic nitrogens is 2. The largest absolute Gasteiger partial charge is 0.345 e. The molecule has 11 heavy (non-hydrogen) atoms. The molecule has 4 heteroatoms. The fourth-order valence-electron chi connectivity index (χ4n) is 1.16. The first-order chi connectivity index (χ1) is 5.36. The highest BCUT2D eigenvalue weighted by Gasteiger charge is 2.09. The normalized spacial score (nSPS) is 16.0. The van der Waals surface area contributed by atoms with Crippen molar-refractivity contribution in [2.45, 2.75) is 12.2 Å². The van der Waals surface area contributed by atoms with Gasteiger partial charge in [0.2, 0.25) is 0 Å². The van der Waals surface area contributed by atoms with Crippen LogP contribution < -0.4 is 5.69 Å². The molecule has 1 aliphatic heterocycles. The van der Waals surface area contributed by atoms with E-state index in [4.69, 9.17) is 0 Å². The van der Waals surface area contributed by atoms with E-state index < -0.39 is 0 Å². The van der Waals surface area contributed by atoms with Gasteiger partial charge in [0, 0.05) is 17.6 Å². The number of rotatable bonds is 0. The molecule has 0 aromatic carbocycles. The van der Waals surface area contributed by atoms with Crippen LogP contribution in [0.25, 0.3) is 0 Å². The van der Waals surface area contributed by atoms with E-state index in [1.165, 1.54) is 5.56 Å². The van der Waals surface area contributed by atoms with Gasteiger partial charge in [-0.15, -0.1) is 0 Å². The summed E-state index contributed by atoms with van der Waals surface area (Å²) in [4.78, 5) is 17.2. The Balaban J connectivity index is 2.51. The van der Waals surface area contributed by atoms with Crippen LogP contribution in [0.5, 0.6) is 0 Å². The zero-order chi connectivity index (χ0) is 7.68. The summed E-state index contributed by atoms with van der Waals surface area (Å²) in [6.45, 7) is 0. The molecular formula is C7H8N2OS. The van der Waals surface area contributed by atoms with E-state index in [2.05, 4.69) is 9.97 Å². The molecule has 0 atom stereocenters. The van der Waals surface area contributed by atoms with E-state index >= 15 is 0 Å². The number of hydrogen-bond donors (Lipinski definition) is 1. The lowest BCUT2D eigenvalue weighted by Crippen LogP contribution is -2.17. The fraction of sp³-hybridized carbons (Fsp3) is 0.429. The molecule has 0 saturated heterocycles. The number of H-pyrrole nitrogens is 1. The number of aromatic amines is 1. The Labute approximate surface area is 68.2 Å². The Morgan fingerprint density at radius 1 is 1.64 bits per heavy atom. The van der Waals surface area contributed by atoms with Crippen LogP contribution in [0.2, 0.25) is 0 Å². The lowest BCUT2D eigenvalue weighted by molar-refractivity contribution is 0.919. The number of nitrogens with one attached hydrogen (secondary N) is 1. The summed E-state index contributed by atoms with van der Waals surface area (Å²) >= 11 is 1.88. The molecule has 2 rings (SSSR count). The van der Waals surface area contributed by atoms with Crippen LogP contribution in [-0.2, 0) is 12.2 Å². The Morgan fingerprint density at radius 2 is 2.55 bits per heavy atom. The van der Waals surface area contributed by atoms with E-state index in [1.54, 1.807) is 6.20 Å². The molecule has 3 nitrogen and oxygen atoms in total. The van der Waals surface area contributed by atoms with Gasteiger partial charge in [-0.05, 0) is 17.7 Å². The SMILES string of the molecule is O=c1ncc2c([nH]1)CCSC2. The molecule has 1 aromatic rings. The molecular weight excluding hydrogens is 160 g/mol. The van der Waals surface area contributed by atoms with Gasteiger partial charge < -0.3 is 4.98 Å². The molecule has 58 valence electrons. The average Bonchev–Trinajstić information content (AvgIpc) is 2.04. The first-order valence-corrected chi connectivity index (χ1v) is 4.66. The monoisotopic (exact) mass is 168 g/mol. The van der Waals surface area contributed by atoms with Crippen molar-refractivity contribution in [2.24, 2.45) is 0 Å². The van der Waals surface area contributed by atoms with Gasteiger partial charge in [0.05, 0.1) is 0 Å². The van der Waals surface area contributed by atoms with Crippen molar-refractivity contribution >= 4 is 11.8 Å². The lowest BCUT2D eigenvalue weighted by atomic mass is 10.2. The van der Waals surface area contributed by atoms with Gasteiger partial charge in [0.25, 0.3) is 0 Å². The fourth-order valence-corrected chi connectivity index (χ4v) is 2.12. The molecule has 0 spiro atoms. The molecule has 0 bridgehead atoms. The summed E-state index contributed by atoms with van der Waals surface area (Å²) in [5.41, 5.74) is 2.03. The summed E-state index contributed by atoms with van der Waals surface area (Å²) in [6.07, 6.45) is 2.65. The van der Waals surface area contributed by atoms with Crippen molar-refractivity contribution in [1.82, 2.24) is 9.97 Å². The minimum Gasteiger partial charge on any atom is -0.309 e. The number of fused-ring (bicyclic) bond motifs is 1. The molecule has 0 unspecified atom stereocenters. The van der Waals surface area contributed by atoms with Gasteiger partial charge in [0.1, 0.15) is 0 Å². The summed E-state index contributed by atoms with van der Waals surface area (Å²) in [7, 11) is 0. The molecule has 0 amide bonds. The molecule has 1 N–H and O–H groups in total. The Morgan fingerprint density at radius 3 is 3.45 bits per heavy atom. The Kier molecular flexibility index (Phi) is 1.69. The van der Waals surface area contributed by atoms with E-state index in [9.17, 15) is 4.79 Å². The van der Waals surface area contributed by atoms with Crippen molar-refractivity contribution in [2.75, 3.05) is 5.75 Å². The van der Waals surface area contributed by atoms with Gasteiger partial charge >= 0.3 is 5.69 Å². The molecule has 1 aromatic heterocycles. The van der Waals surface area contributed by atoms with Gasteiger partial charge in [-0.1, -0.05) is 0 Å². The minimum absolute atomic E-state index is 0.226. The maximum Gasteiger partial charge on any atom is 0.345 e. The third kappa shape index (κ3) is 1.30. The number of thioether (sulfide) groups is 1. The molecule has 2 heterocycles. The predicted octanol–water partition coefficient (Wildman–Crippen LogP) is 0.559. The Hall–Kier alpha value is -0.770. The zero-order valence-corrected chi connectivity index (χ0v) is 6.78. The molecule has 0 fully saturated rings. The second-order valence-corrected chi connectivity index (χ2v) is 3.60. The predicted molar refractivity (Wildman–Crippen MR) is 44.7 cm³/mol. The van der Waals surface area contributed by atoms with E-state index in [-0.39, 0.29) is 5.69 Å². The summed E-state index contributed by atoms with van der Waals surface area (Å²) < 4.78 is 0. The minimum atomic E-state index is -0.226. The van der Waals surface area contributed by atoms with Gasteiger partial charge in [-0.3, -0.25) is 0 Å². The highest BCUT2D eigenvalue weighted by Crippen LogP contribution is 2.20. The lowest BCUT2D eigenvalue weighted by Gasteiger charge is -2.12. The maximum absolute atomic E-state index is 10.8. The van der Waals surface area contributed by atoms with Crippen molar-refractivity contribution in [3.63, 3.8) is 0 Å². The van der Waals surface area contributed by atoms with Crippen LogP contribution in [0.1, 0.15) is 11.3 Å². The third-order valence-corrected chi connectivity index (χ3v) is 2.74. The first kappa shape index (κ1) is 6.91. The van der Waals surface area contributed by atoms with Crippen molar-refractivity contribution in [1.29, 1.82) is 0 Å². The van der Waals surface area contributed by atoms with Crippen LogP contribution in [0.3, 0.4) is 0 Å². The average molecular weight is 168 g/mol. The van der Waals surface area contributed by atoms with Gasteiger partial charge in [-0.2, -0.15) is 11.8 Å². The van der Waals surface area contributed by atoms with Crippen LogP contribution >= 0.6 is 11.8 Å². The number of aryl methyl sites for hydroxylation is 1. The van der Waals surface area contributed by atoms with Gasteiger partial charge in [0.15, 0.2) is 0 Å². The van der Waals surface area contributed by atoms with Crippen molar-refractivity contribution in [3.8, 4) is 0 Å².